The normalized spacial score (nSPS) is 10.3. The van der Waals surface area contributed by atoms with Crippen molar-refractivity contribution < 1.29 is 14.0 Å². The molecule has 0 atom stereocenters. The van der Waals surface area contributed by atoms with Crippen LogP contribution < -0.4 is 10.6 Å². The quantitative estimate of drug-likeness (QED) is 0.760. The van der Waals surface area contributed by atoms with Gasteiger partial charge in [0.1, 0.15) is 5.82 Å². The number of hydrogen-bond donors (Lipinski definition) is 2. The van der Waals surface area contributed by atoms with Crippen molar-refractivity contribution in [1.82, 2.24) is 5.32 Å². The van der Waals surface area contributed by atoms with Gasteiger partial charge < -0.3 is 10.6 Å². The summed E-state index contributed by atoms with van der Waals surface area (Å²) in [6.07, 6.45) is 0.571. The van der Waals surface area contributed by atoms with E-state index in [0.29, 0.717) is 13.0 Å². The van der Waals surface area contributed by atoms with Crippen molar-refractivity contribution in [3.8, 4) is 0 Å². The van der Waals surface area contributed by atoms with E-state index in [0.717, 1.165) is 16.8 Å². The maximum atomic E-state index is 13.0. The van der Waals surface area contributed by atoms with Crippen molar-refractivity contribution >= 4 is 29.3 Å². The van der Waals surface area contributed by atoms with Gasteiger partial charge >= 0.3 is 0 Å². The molecule has 2 aromatic carbocycles. The van der Waals surface area contributed by atoms with Gasteiger partial charge in [0, 0.05) is 12.2 Å². The molecule has 0 bridgehead atoms. The lowest BCUT2D eigenvalue weighted by Crippen LogP contribution is -2.28. The second kappa shape index (κ2) is 9.84. The van der Waals surface area contributed by atoms with Crippen LogP contribution in [0.5, 0.6) is 0 Å². The molecule has 0 saturated heterocycles. The predicted octanol–water partition coefficient (Wildman–Crippen LogP) is 3.16. The van der Waals surface area contributed by atoms with Gasteiger partial charge in [0.2, 0.25) is 11.8 Å². The van der Waals surface area contributed by atoms with Gasteiger partial charge in [-0.2, -0.15) is 0 Å². The van der Waals surface area contributed by atoms with Gasteiger partial charge in [0.05, 0.1) is 11.5 Å². The molecule has 0 aliphatic rings. The highest BCUT2D eigenvalue weighted by atomic mass is 32.2. The summed E-state index contributed by atoms with van der Waals surface area (Å²) in [5.74, 6) is -0.123. The van der Waals surface area contributed by atoms with Crippen molar-refractivity contribution in [1.29, 1.82) is 0 Å². The van der Waals surface area contributed by atoms with Gasteiger partial charge in [-0.05, 0) is 48.7 Å². The second-order valence-corrected chi connectivity index (χ2v) is 6.63. The van der Waals surface area contributed by atoms with Crippen molar-refractivity contribution in [3.05, 3.63) is 65.5 Å². The first-order chi connectivity index (χ1) is 12.0. The standard InChI is InChI=1S/C19H21FN2O2S/c1-14-4-2-7-17(10-14)22-19(24)13-25-12-18(23)21-9-8-15-5-3-6-16(20)11-15/h2-7,10-11H,8-9,12-13H2,1H3,(H,21,23)(H,22,24). The Kier molecular flexibility index (Phi) is 7.47. The topological polar surface area (TPSA) is 58.2 Å². The fourth-order valence-electron chi connectivity index (χ4n) is 2.25. The largest absolute Gasteiger partial charge is 0.355 e. The van der Waals surface area contributed by atoms with Crippen LogP contribution in [-0.4, -0.2) is 29.9 Å². The second-order valence-electron chi connectivity index (χ2n) is 5.64. The number of benzene rings is 2. The average Bonchev–Trinajstić information content (AvgIpc) is 2.55. The Balaban J connectivity index is 1.61. The fraction of sp³-hybridized carbons (Fsp3) is 0.263. The highest BCUT2D eigenvalue weighted by Crippen LogP contribution is 2.10. The molecule has 2 amide bonds. The van der Waals surface area contributed by atoms with Crippen molar-refractivity contribution in [2.75, 3.05) is 23.4 Å². The van der Waals surface area contributed by atoms with E-state index in [9.17, 15) is 14.0 Å². The molecule has 0 fully saturated rings. The summed E-state index contributed by atoms with van der Waals surface area (Å²) in [4.78, 5) is 23.6. The number of thioether (sulfide) groups is 1. The highest BCUT2D eigenvalue weighted by Gasteiger charge is 2.06. The lowest BCUT2D eigenvalue weighted by molar-refractivity contribution is -0.118. The minimum absolute atomic E-state index is 0.134. The molecule has 0 radical (unpaired) electrons. The summed E-state index contributed by atoms with van der Waals surface area (Å²) in [5.41, 5.74) is 2.67. The molecule has 6 heteroatoms. The number of rotatable bonds is 8. The predicted molar refractivity (Wildman–Crippen MR) is 100 cm³/mol. The lowest BCUT2D eigenvalue weighted by Gasteiger charge is -2.07. The van der Waals surface area contributed by atoms with Gasteiger partial charge in [-0.15, -0.1) is 11.8 Å². The van der Waals surface area contributed by atoms with Crippen molar-refractivity contribution in [3.63, 3.8) is 0 Å². The van der Waals surface area contributed by atoms with Crippen LogP contribution in [0.4, 0.5) is 10.1 Å². The molecule has 0 heterocycles. The van der Waals surface area contributed by atoms with Gasteiger partial charge in [0.25, 0.3) is 0 Å². The van der Waals surface area contributed by atoms with Gasteiger partial charge in [0.15, 0.2) is 0 Å². The summed E-state index contributed by atoms with van der Waals surface area (Å²) in [5, 5.41) is 5.57. The maximum Gasteiger partial charge on any atom is 0.234 e. The van der Waals surface area contributed by atoms with Crippen LogP contribution >= 0.6 is 11.8 Å². The Bertz CT molecular complexity index is 737. The molecule has 0 aliphatic heterocycles. The zero-order chi connectivity index (χ0) is 18.1. The number of aryl methyl sites for hydroxylation is 1. The number of carbonyl (C=O) groups is 2. The summed E-state index contributed by atoms with van der Waals surface area (Å²) in [6, 6.07) is 13.9. The smallest absolute Gasteiger partial charge is 0.234 e. The molecule has 0 aromatic heterocycles. The monoisotopic (exact) mass is 360 g/mol. The van der Waals surface area contributed by atoms with E-state index in [1.807, 2.05) is 37.3 Å². The fourth-order valence-corrected chi connectivity index (χ4v) is 2.89. The Morgan fingerprint density at radius 1 is 1.04 bits per heavy atom. The van der Waals surface area contributed by atoms with Gasteiger partial charge in [-0.25, -0.2) is 4.39 Å². The van der Waals surface area contributed by atoms with E-state index in [2.05, 4.69) is 10.6 Å². The first-order valence-electron chi connectivity index (χ1n) is 7.98. The molecular formula is C19H21FN2O2S. The van der Waals surface area contributed by atoms with Crippen LogP contribution in [-0.2, 0) is 16.0 Å². The van der Waals surface area contributed by atoms with Crippen LogP contribution in [0.15, 0.2) is 48.5 Å². The third-order valence-electron chi connectivity index (χ3n) is 3.39. The Morgan fingerprint density at radius 3 is 2.56 bits per heavy atom. The van der Waals surface area contributed by atoms with E-state index in [1.165, 1.54) is 23.9 Å². The molecule has 2 aromatic rings. The number of hydrogen-bond acceptors (Lipinski definition) is 3. The molecule has 4 nitrogen and oxygen atoms in total. The number of halogens is 1. The van der Waals surface area contributed by atoms with E-state index in [-0.39, 0.29) is 29.1 Å². The van der Waals surface area contributed by atoms with Crippen LogP contribution in [0, 0.1) is 12.7 Å². The number of nitrogens with one attached hydrogen (secondary N) is 2. The molecule has 0 saturated carbocycles. The summed E-state index contributed by atoms with van der Waals surface area (Å²) in [6.45, 7) is 2.40. The third-order valence-corrected chi connectivity index (χ3v) is 4.33. The summed E-state index contributed by atoms with van der Waals surface area (Å²) < 4.78 is 13.0. The minimum atomic E-state index is -0.279. The number of amides is 2. The Morgan fingerprint density at radius 2 is 1.80 bits per heavy atom. The maximum absolute atomic E-state index is 13.0. The first kappa shape index (κ1) is 19.0. The third kappa shape index (κ3) is 7.39. The zero-order valence-electron chi connectivity index (χ0n) is 14.0. The summed E-state index contributed by atoms with van der Waals surface area (Å²) in [7, 11) is 0. The van der Waals surface area contributed by atoms with E-state index >= 15 is 0 Å². The Hall–Kier alpha value is -2.34. The zero-order valence-corrected chi connectivity index (χ0v) is 14.9. The molecule has 0 spiro atoms. The van der Waals surface area contributed by atoms with E-state index in [4.69, 9.17) is 0 Å². The average molecular weight is 360 g/mol. The molecule has 0 unspecified atom stereocenters. The molecule has 2 rings (SSSR count). The van der Waals surface area contributed by atoms with Gasteiger partial charge in [-0.1, -0.05) is 24.3 Å². The van der Waals surface area contributed by atoms with Crippen LogP contribution in [0.1, 0.15) is 11.1 Å². The molecule has 2 N–H and O–H groups in total. The van der Waals surface area contributed by atoms with Crippen molar-refractivity contribution in [2.45, 2.75) is 13.3 Å². The van der Waals surface area contributed by atoms with Crippen LogP contribution in [0.2, 0.25) is 0 Å². The molecule has 132 valence electrons. The van der Waals surface area contributed by atoms with Crippen LogP contribution in [0.3, 0.4) is 0 Å². The molecular weight excluding hydrogens is 339 g/mol. The lowest BCUT2D eigenvalue weighted by atomic mass is 10.1. The van der Waals surface area contributed by atoms with Crippen molar-refractivity contribution in [2.24, 2.45) is 0 Å². The molecule has 0 aliphatic carbocycles. The Labute approximate surface area is 151 Å². The summed E-state index contributed by atoms with van der Waals surface area (Å²) >= 11 is 1.26. The van der Waals surface area contributed by atoms with E-state index in [1.54, 1.807) is 6.07 Å². The number of anilines is 1. The van der Waals surface area contributed by atoms with Crippen LogP contribution in [0.25, 0.3) is 0 Å². The highest BCUT2D eigenvalue weighted by molar-refractivity contribution is 8.00. The van der Waals surface area contributed by atoms with E-state index < -0.39 is 0 Å². The molecule has 25 heavy (non-hydrogen) atoms. The SMILES string of the molecule is Cc1cccc(NC(=O)CSCC(=O)NCCc2cccc(F)c2)c1. The number of carbonyl (C=O) groups excluding carboxylic acids is 2. The minimum Gasteiger partial charge on any atom is -0.355 e. The van der Waals surface area contributed by atoms with Gasteiger partial charge in [-0.3, -0.25) is 9.59 Å². The first-order valence-corrected chi connectivity index (χ1v) is 9.14.